The first-order chi connectivity index (χ1) is 9.45. The molecular weight excluding hydrogens is 252 g/mol. The average molecular weight is 284 g/mol. The van der Waals surface area contributed by atoms with Crippen molar-refractivity contribution in [1.29, 1.82) is 0 Å². The molecule has 1 aliphatic heterocycles. The van der Waals surface area contributed by atoms with Crippen molar-refractivity contribution in [3.8, 4) is 0 Å². The summed E-state index contributed by atoms with van der Waals surface area (Å²) in [7, 11) is 0. The largest absolute Gasteiger partial charge is 0.380 e. The first-order valence-corrected chi connectivity index (χ1v) is 8.10. The lowest BCUT2D eigenvalue weighted by molar-refractivity contribution is -0.131. The quantitative estimate of drug-likeness (QED) is 0.662. The third-order valence-electron chi connectivity index (χ3n) is 3.77. The van der Waals surface area contributed by atoms with Crippen LogP contribution in [0.3, 0.4) is 0 Å². The van der Waals surface area contributed by atoms with E-state index < -0.39 is 0 Å². The Bertz CT molecular complexity index is 292. The zero-order chi connectivity index (χ0) is 15.1. The Morgan fingerprint density at radius 3 is 2.45 bits per heavy atom. The van der Waals surface area contributed by atoms with Gasteiger partial charge in [-0.2, -0.15) is 0 Å². The molecule has 1 rings (SSSR count). The standard InChI is InChI=1S/C16H32N2O2/c1-6-14-16(19)18(15(17-14)11-13(4)5)8-10-20-9-7-12(2)3/h12-15,17H,6-11H2,1-5H3. The van der Waals surface area contributed by atoms with Crippen LogP contribution in [0.2, 0.25) is 0 Å². The van der Waals surface area contributed by atoms with Crippen molar-refractivity contribution in [2.24, 2.45) is 11.8 Å². The van der Waals surface area contributed by atoms with Crippen LogP contribution in [-0.4, -0.2) is 42.8 Å². The van der Waals surface area contributed by atoms with Crippen LogP contribution < -0.4 is 5.32 Å². The number of carbonyl (C=O) groups excluding carboxylic acids is 1. The highest BCUT2D eigenvalue weighted by molar-refractivity contribution is 5.84. The van der Waals surface area contributed by atoms with Crippen LogP contribution in [0.1, 0.15) is 53.9 Å². The van der Waals surface area contributed by atoms with Crippen LogP contribution in [0.4, 0.5) is 0 Å². The van der Waals surface area contributed by atoms with E-state index in [0.29, 0.717) is 25.0 Å². The predicted octanol–water partition coefficient (Wildman–Crippen LogP) is 2.63. The highest BCUT2D eigenvalue weighted by Gasteiger charge is 2.37. The molecule has 0 aromatic carbocycles. The van der Waals surface area contributed by atoms with Crippen molar-refractivity contribution in [2.75, 3.05) is 19.8 Å². The Labute approximate surface area is 124 Å². The minimum Gasteiger partial charge on any atom is -0.380 e. The van der Waals surface area contributed by atoms with Gasteiger partial charge < -0.3 is 9.64 Å². The van der Waals surface area contributed by atoms with Gasteiger partial charge >= 0.3 is 0 Å². The third kappa shape index (κ3) is 5.41. The lowest BCUT2D eigenvalue weighted by atomic mass is 10.1. The average Bonchev–Trinajstić information content (AvgIpc) is 2.65. The highest BCUT2D eigenvalue weighted by atomic mass is 16.5. The summed E-state index contributed by atoms with van der Waals surface area (Å²) in [6.45, 7) is 13.0. The van der Waals surface area contributed by atoms with Crippen molar-refractivity contribution in [1.82, 2.24) is 10.2 Å². The van der Waals surface area contributed by atoms with Gasteiger partial charge in [0.2, 0.25) is 5.91 Å². The molecule has 0 radical (unpaired) electrons. The van der Waals surface area contributed by atoms with Gasteiger partial charge in [0, 0.05) is 13.2 Å². The third-order valence-corrected chi connectivity index (χ3v) is 3.77. The van der Waals surface area contributed by atoms with Crippen molar-refractivity contribution in [3.05, 3.63) is 0 Å². The molecule has 2 atom stereocenters. The van der Waals surface area contributed by atoms with Crippen LogP contribution in [0.15, 0.2) is 0 Å². The van der Waals surface area contributed by atoms with E-state index in [-0.39, 0.29) is 18.1 Å². The van der Waals surface area contributed by atoms with E-state index in [9.17, 15) is 4.79 Å². The molecule has 0 spiro atoms. The normalized spacial score (nSPS) is 23.4. The Hall–Kier alpha value is -0.610. The molecule has 1 amide bonds. The van der Waals surface area contributed by atoms with E-state index in [1.54, 1.807) is 0 Å². The monoisotopic (exact) mass is 284 g/mol. The molecule has 0 bridgehead atoms. The van der Waals surface area contributed by atoms with Gasteiger partial charge in [0.1, 0.15) is 0 Å². The smallest absolute Gasteiger partial charge is 0.241 e. The second-order valence-electron chi connectivity index (χ2n) is 6.60. The van der Waals surface area contributed by atoms with Crippen molar-refractivity contribution < 1.29 is 9.53 Å². The van der Waals surface area contributed by atoms with E-state index in [1.165, 1.54) is 0 Å². The summed E-state index contributed by atoms with van der Waals surface area (Å²) >= 11 is 0. The first-order valence-electron chi connectivity index (χ1n) is 8.10. The predicted molar refractivity (Wildman–Crippen MR) is 82.4 cm³/mol. The van der Waals surface area contributed by atoms with Gasteiger partial charge in [-0.15, -0.1) is 0 Å². The first kappa shape index (κ1) is 17.4. The van der Waals surface area contributed by atoms with E-state index >= 15 is 0 Å². The van der Waals surface area contributed by atoms with Gasteiger partial charge in [-0.05, 0) is 31.1 Å². The van der Waals surface area contributed by atoms with Crippen LogP contribution in [0.5, 0.6) is 0 Å². The maximum Gasteiger partial charge on any atom is 0.241 e. The molecule has 1 aliphatic rings. The maximum absolute atomic E-state index is 12.3. The van der Waals surface area contributed by atoms with E-state index in [0.717, 1.165) is 25.9 Å². The number of carbonyl (C=O) groups is 1. The van der Waals surface area contributed by atoms with Crippen molar-refractivity contribution >= 4 is 5.91 Å². The number of amides is 1. The Kier molecular flexibility index (Phi) is 7.52. The topological polar surface area (TPSA) is 41.6 Å². The Balaban J connectivity index is 2.40. The SMILES string of the molecule is CCC1NC(CC(C)C)N(CCOCCC(C)C)C1=O. The zero-order valence-corrected chi connectivity index (χ0v) is 13.8. The number of ether oxygens (including phenoxy) is 1. The number of hydrogen-bond acceptors (Lipinski definition) is 3. The molecule has 1 saturated heterocycles. The lowest BCUT2D eigenvalue weighted by Crippen LogP contribution is -2.40. The molecule has 0 aromatic rings. The summed E-state index contributed by atoms with van der Waals surface area (Å²) < 4.78 is 5.66. The highest BCUT2D eigenvalue weighted by Crippen LogP contribution is 2.18. The molecule has 1 heterocycles. The summed E-state index contributed by atoms with van der Waals surface area (Å²) in [5.41, 5.74) is 0. The second-order valence-corrected chi connectivity index (χ2v) is 6.60. The van der Waals surface area contributed by atoms with Gasteiger partial charge in [-0.3, -0.25) is 10.1 Å². The maximum atomic E-state index is 12.3. The molecule has 1 fully saturated rings. The molecule has 118 valence electrons. The molecule has 4 nitrogen and oxygen atoms in total. The number of nitrogens with zero attached hydrogens (tertiary/aromatic N) is 1. The van der Waals surface area contributed by atoms with Gasteiger partial charge in [0.15, 0.2) is 0 Å². The minimum atomic E-state index is -0.00517. The van der Waals surface area contributed by atoms with Crippen molar-refractivity contribution in [3.63, 3.8) is 0 Å². The molecule has 0 aliphatic carbocycles. The molecule has 0 saturated carbocycles. The van der Waals surface area contributed by atoms with Crippen molar-refractivity contribution in [2.45, 2.75) is 66.1 Å². The molecule has 20 heavy (non-hydrogen) atoms. The van der Waals surface area contributed by atoms with E-state index in [2.05, 4.69) is 39.9 Å². The van der Waals surface area contributed by atoms with Gasteiger partial charge in [0.05, 0.1) is 18.8 Å². The van der Waals surface area contributed by atoms with E-state index in [1.807, 2.05) is 4.90 Å². The summed E-state index contributed by atoms with van der Waals surface area (Å²) in [6, 6.07) is -0.00517. The van der Waals surface area contributed by atoms with Gasteiger partial charge in [0.25, 0.3) is 0 Å². The van der Waals surface area contributed by atoms with Crippen LogP contribution >= 0.6 is 0 Å². The fourth-order valence-corrected chi connectivity index (χ4v) is 2.53. The zero-order valence-electron chi connectivity index (χ0n) is 13.8. The molecule has 1 N–H and O–H groups in total. The summed E-state index contributed by atoms with van der Waals surface area (Å²) in [5, 5.41) is 3.45. The number of rotatable bonds is 9. The van der Waals surface area contributed by atoms with Gasteiger partial charge in [-0.25, -0.2) is 0 Å². The summed E-state index contributed by atoms with van der Waals surface area (Å²) in [4.78, 5) is 14.3. The molecule has 4 heteroatoms. The molecule has 0 aromatic heterocycles. The number of nitrogens with one attached hydrogen (secondary N) is 1. The van der Waals surface area contributed by atoms with Crippen LogP contribution in [0, 0.1) is 11.8 Å². The molecule has 2 unspecified atom stereocenters. The second kappa shape index (κ2) is 8.63. The Morgan fingerprint density at radius 1 is 1.20 bits per heavy atom. The van der Waals surface area contributed by atoms with E-state index in [4.69, 9.17) is 4.74 Å². The summed E-state index contributed by atoms with van der Waals surface area (Å²) in [6.07, 6.45) is 3.13. The van der Waals surface area contributed by atoms with Gasteiger partial charge in [-0.1, -0.05) is 34.6 Å². The lowest BCUT2D eigenvalue weighted by Gasteiger charge is -2.25. The fourth-order valence-electron chi connectivity index (χ4n) is 2.53. The minimum absolute atomic E-state index is 0.00517. The van der Waals surface area contributed by atoms with Crippen LogP contribution in [0.25, 0.3) is 0 Å². The van der Waals surface area contributed by atoms with Crippen LogP contribution in [-0.2, 0) is 9.53 Å². The summed E-state index contributed by atoms with van der Waals surface area (Å²) in [5.74, 6) is 1.49. The number of hydrogen-bond donors (Lipinski definition) is 1. The molecular formula is C16H32N2O2. The Morgan fingerprint density at radius 2 is 1.90 bits per heavy atom. The fraction of sp³-hybridized carbons (Fsp3) is 0.938.